The van der Waals surface area contributed by atoms with Crippen LogP contribution in [0, 0.1) is 11.3 Å². The molecule has 3 unspecified atom stereocenters. The van der Waals surface area contributed by atoms with Crippen LogP contribution in [0.25, 0.3) is 0 Å². The summed E-state index contributed by atoms with van der Waals surface area (Å²) in [5, 5.41) is 3.66. The van der Waals surface area contributed by atoms with Crippen molar-refractivity contribution in [2.24, 2.45) is 22.1 Å². The van der Waals surface area contributed by atoms with Gasteiger partial charge in [0.15, 0.2) is 5.96 Å². The van der Waals surface area contributed by atoms with Gasteiger partial charge in [0.1, 0.15) is 0 Å². The highest BCUT2D eigenvalue weighted by molar-refractivity contribution is 14.0. The fraction of sp³-hybridized carbons (Fsp3) is 0.889. The number of guanidine groups is 1. The van der Waals surface area contributed by atoms with Crippen molar-refractivity contribution in [3.05, 3.63) is 0 Å². The van der Waals surface area contributed by atoms with Crippen molar-refractivity contribution in [2.45, 2.75) is 65.0 Å². The van der Waals surface area contributed by atoms with Gasteiger partial charge in [-0.3, -0.25) is 9.79 Å². The first-order valence-electron chi connectivity index (χ1n) is 9.13. The van der Waals surface area contributed by atoms with Crippen LogP contribution in [-0.4, -0.2) is 55.2 Å². The van der Waals surface area contributed by atoms with Gasteiger partial charge in [-0.1, -0.05) is 13.8 Å². The molecule has 3 N–H and O–H groups in total. The van der Waals surface area contributed by atoms with E-state index in [9.17, 15) is 4.79 Å². The molecule has 1 saturated heterocycles. The number of nitrogens with two attached hydrogens (primary N) is 1. The van der Waals surface area contributed by atoms with Crippen LogP contribution in [0.2, 0.25) is 0 Å². The summed E-state index contributed by atoms with van der Waals surface area (Å²) in [7, 11) is 1.79. The molecule has 1 heterocycles. The van der Waals surface area contributed by atoms with Crippen molar-refractivity contribution in [3.8, 4) is 0 Å². The number of likely N-dealkylation sites (tertiary alicyclic amines) is 1. The number of nitrogens with one attached hydrogen (secondary N) is 1. The van der Waals surface area contributed by atoms with Crippen molar-refractivity contribution in [3.63, 3.8) is 0 Å². The predicted octanol–water partition coefficient (Wildman–Crippen LogP) is 2.36. The van der Waals surface area contributed by atoms with Crippen LogP contribution >= 0.6 is 24.0 Å². The monoisotopic (exact) mass is 466 g/mol. The van der Waals surface area contributed by atoms with Crippen LogP contribution in [0.1, 0.15) is 53.4 Å². The van der Waals surface area contributed by atoms with Crippen molar-refractivity contribution in [1.82, 2.24) is 10.2 Å². The van der Waals surface area contributed by atoms with Gasteiger partial charge in [0.25, 0.3) is 0 Å². The number of nitrogens with zero attached hydrogens (tertiary/aromatic N) is 2. The quantitative estimate of drug-likeness (QED) is 0.371. The summed E-state index contributed by atoms with van der Waals surface area (Å²) in [6.07, 6.45) is 3.58. The molecule has 1 saturated carbocycles. The molecule has 1 amide bonds. The highest BCUT2D eigenvalue weighted by Gasteiger charge is 2.58. The number of rotatable bonds is 5. The van der Waals surface area contributed by atoms with Gasteiger partial charge in [-0.05, 0) is 39.0 Å². The van der Waals surface area contributed by atoms with Gasteiger partial charge in [-0.2, -0.15) is 0 Å². The van der Waals surface area contributed by atoms with Crippen LogP contribution in [0.3, 0.4) is 0 Å². The summed E-state index contributed by atoms with van der Waals surface area (Å²) < 4.78 is 5.72. The van der Waals surface area contributed by atoms with Crippen LogP contribution in [0.4, 0.5) is 0 Å². The summed E-state index contributed by atoms with van der Waals surface area (Å²) in [5.41, 5.74) is 5.32. The molecule has 0 radical (unpaired) electrons. The number of carbonyl (C=O) groups is 1. The average molecular weight is 466 g/mol. The Hall–Kier alpha value is -0.570. The second-order valence-electron chi connectivity index (χ2n) is 7.98. The van der Waals surface area contributed by atoms with Crippen LogP contribution in [0.5, 0.6) is 0 Å². The summed E-state index contributed by atoms with van der Waals surface area (Å²) in [6.45, 7) is 11.3. The molecule has 1 aliphatic heterocycles. The van der Waals surface area contributed by atoms with E-state index in [0.717, 1.165) is 44.9 Å². The van der Waals surface area contributed by atoms with Crippen LogP contribution < -0.4 is 11.1 Å². The first-order valence-corrected chi connectivity index (χ1v) is 9.13. The molecule has 2 fully saturated rings. The highest BCUT2D eigenvalue weighted by atomic mass is 127. The third kappa shape index (κ3) is 4.78. The van der Waals surface area contributed by atoms with Gasteiger partial charge >= 0.3 is 0 Å². The number of halogens is 1. The van der Waals surface area contributed by atoms with Gasteiger partial charge in [-0.25, -0.2) is 0 Å². The largest absolute Gasteiger partial charge is 0.378 e. The zero-order valence-electron chi connectivity index (χ0n) is 16.3. The fourth-order valence-corrected chi connectivity index (χ4v) is 3.97. The summed E-state index contributed by atoms with van der Waals surface area (Å²) in [5.74, 6) is 1.08. The number of aliphatic imine (C=N–C) groups is 1. The zero-order chi connectivity index (χ0) is 18.0. The topological polar surface area (TPSA) is 80.0 Å². The predicted molar refractivity (Wildman–Crippen MR) is 112 cm³/mol. The molecule has 146 valence electrons. The normalized spacial score (nSPS) is 31.7. The standard InChI is InChI=1S/C18H34N4O2.HI/c1-6-20-16(21-14-11-18(4,24-5)17(14,2)3)22-9-7-8-13(12-22)10-15(19)23;/h13-14H,6-12H2,1-5H3,(H2,19,23)(H,20,21);1H. The van der Waals surface area contributed by atoms with Crippen LogP contribution in [-0.2, 0) is 9.53 Å². The Kier molecular flexibility index (Phi) is 7.98. The van der Waals surface area contributed by atoms with Gasteiger partial charge in [-0.15, -0.1) is 24.0 Å². The van der Waals surface area contributed by atoms with Crippen molar-refractivity contribution in [2.75, 3.05) is 26.7 Å². The molecule has 0 aromatic heterocycles. The molecular weight excluding hydrogens is 431 g/mol. The summed E-state index contributed by atoms with van der Waals surface area (Å²) in [4.78, 5) is 18.2. The molecule has 2 rings (SSSR count). The maximum atomic E-state index is 11.2. The lowest BCUT2D eigenvalue weighted by molar-refractivity contribution is -0.177. The lowest BCUT2D eigenvalue weighted by Gasteiger charge is -2.59. The van der Waals surface area contributed by atoms with E-state index in [1.807, 2.05) is 0 Å². The van der Waals surface area contributed by atoms with Gasteiger partial charge < -0.3 is 20.7 Å². The highest BCUT2D eigenvalue weighted by Crippen LogP contribution is 2.51. The number of hydrogen-bond donors (Lipinski definition) is 2. The Bertz CT molecular complexity index is 497. The summed E-state index contributed by atoms with van der Waals surface area (Å²) in [6, 6.07) is 0.337. The Morgan fingerprint density at radius 2 is 2.08 bits per heavy atom. The van der Waals surface area contributed by atoms with E-state index in [4.69, 9.17) is 15.5 Å². The molecule has 1 aliphatic carbocycles. The van der Waals surface area contributed by atoms with E-state index in [1.54, 1.807) is 7.11 Å². The molecule has 0 aromatic carbocycles. The molecule has 0 bridgehead atoms. The third-order valence-corrected chi connectivity index (χ3v) is 6.20. The second kappa shape index (κ2) is 8.88. The molecular formula is C18H35IN4O2. The number of primary amides is 1. The van der Waals surface area contributed by atoms with E-state index >= 15 is 0 Å². The zero-order valence-corrected chi connectivity index (χ0v) is 18.6. The molecule has 6 nitrogen and oxygen atoms in total. The average Bonchev–Trinajstić information content (AvgIpc) is 2.53. The lowest BCUT2D eigenvalue weighted by Crippen LogP contribution is -2.70. The fourth-order valence-electron chi connectivity index (χ4n) is 3.97. The van der Waals surface area contributed by atoms with E-state index < -0.39 is 0 Å². The van der Waals surface area contributed by atoms with E-state index in [1.165, 1.54) is 0 Å². The van der Waals surface area contributed by atoms with E-state index in [-0.39, 0.29) is 40.9 Å². The van der Waals surface area contributed by atoms with Crippen molar-refractivity contribution in [1.29, 1.82) is 0 Å². The Balaban J connectivity index is 0.00000312. The first-order chi connectivity index (χ1) is 11.2. The molecule has 0 spiro atoms. The Morgan fingerprint density at radius 3 is 2.60 bits per heavy atom. The van der Waals surface area contributed by atoms with E-state index in [0.29, 0.717) is 18.4 Å². The minimum atomic E-state index is -0.209. The SMILES string of the molecule is CCN=C(NC1CC(C)(OC)C1(C)C)N1CCCC(CC(N)=O)C1.I. The van der Waals surface area contributed by atoms with Gasteiger partial charge in [0.2, 0.25) is 5.91 Å². The second-order valence-corrected chi connectivity index (χ2v) is 7.98. The van der Waals surface area contributed by atoms with Crippen molar-refractivity contribution >= 4 is 35.8 Å². The Labute approximate surface area is 169 Å². The minimum absolute atomic E-state index is 0. The maximum Gasteiger partial charge on any atom is 0.217 e. The molecule has 2 aliphatic rings. The third-order valence-electron chi connectivity index (χ3n) is 6.20. The Morgan fingerprint density at radius 1 is 1.40 bits per heavy atom. The van der Waals surface area contributed by atoms with Gasteiger partial charge in [0.05, 0.1) is 5.60 Å². The smallest absolute Gasteiger partial charge is 0.217 e. The number of carbonyl (C=O) groups excluding carboxylic acids is 1. The maximum absolute atomic E-state index is 11.2. The number of methoxy groups -OCH3 is 1. The number of ether oxygens (including phenoxy) is 1. The van der Waals surface area contributed by atoms with E-state index in [2.05, 4.69) is 37.9 Å². The molecule has 7 heteroatoms. The van der Waals surface area contributed by atoms with Crippen molar-refractivity contribution < 1.29 is 9.53 Å². The number of piperidine rings is 1. The van der Waals surface area contributed by atoms with Crippen LogP contribution in [0.15, 0.2) is 4.99 Å². The first kappa shape index (κ1) is 22.5. The summed E-state index contributed by atoms with van der Waals surface area (Å²) >= 11 is 0. The number of amides is 1. The lowest BCUT2D eigenvalue weighted by atomic mass is 9.56. The number of hydrogen-bond acceptors (Lipinski definition) is 3. The molecule has 3 atom stereocenters. The van der Waals surface area contributed by atoms with Gasteiger partial charge in [0, 0.05) is 44.6 Å². The minimum Gasteiger partial charge on any atom is -0.378 e. The molecule has 25 heavy (non-hydrogen) atoms. The molecule has 0 aromatic rings.